The van der Waals surface area contributed by atoms with Crippen LogP contribution in [0.15, 0.2) is 18.3 Å². The maximum absolute atomic E-state index is 8.44. The second kappa shape index (κ2) is 4.61. The van der Waals surface area contributed by atoms with Gasteiger partial charge in [0, 0.05) is 18.3 Å². The van der Waals surface area contributed by atoms with Gasteiger partial charge in [0.05, 0.1) is 6.07 Å². The Morgan fingerprint density at radius 2 is 2.31 bits per heavy atom. The van der Waals surface area contributed by atoms with Crippen LogP contribution in [0.5, 0.6) is 0 Å². The largest absolute Gasteiger partial charge is 0.261 e. The van der Waals surface area contributed by atoms with Crippen LogP contribution in [0.2, 0.25) is 0 Å². The van der Waals surface area contributed by atoms with E-state index >= 15 is 0 Å². The minimum atomic E-state index is 0.438. The quantitative estimate of drug-likeness (QED) is 0.706. The van der Waals surface area contributed by atoms with Gasteiger partial charge < -0.3 is 0 Å². The summed E-state index contributed by atoms with van der Waals surface area (Å²) in [7, 11) is 0. The summed E-state index contributed by atoms with van der Waals surface area (Å²) in [5, 5.41) is 8.44. The van der Waals surface area contributed by atoms with Crippen molar-refractivity contribution >= 4 is 0 Å². The van der Waals surface area contributed by atoms with Gasteiger partial charge >= 0.3 is 0 Å². The molecule has 1 aromatic heterocycles. The maximum atomic E-state index is 8.44. The van der Waals surface area contributed by atoms with E-state index in [-0.39, 0.29) is 0 Å². The van der Waals surface area contributed by atoms with Crippen LogP contribution in [0.3, 0.4) is 0 Å². The van der Waals surface area contributed by atoms with Gasteiger partial charge in [-0.25, -0.2) is 0 Å². The molecule has 2 heteroatoms. The summed E-state index contributed by atoms with van der Waals surface area (Å²) in [5.41, 5.74) is 2.26. The number of hydrogen-bond acceptors (Lipinski definition) is 2. The number of hydrogen-bond donors (Lipinski definition) is 0. The van der Waals surface area contributed by atoms with E-state index in [0.29, 0.717) is 12.3 Å². The first-order chi connectivity index (χ1) is 6.24. The molecule has 0 N–H and O–H groups in total. The SMILES string of the molecule is Cc1ccc(C(C)CCC#N)cn1. The molecule has 0 amide bonds. The molecule has 0 aliphatic heterocycles. The smallest absolute Gasteiger partial charge is 0.0621 e. The third-order valence-electron chi connectivity index (χ3n) is 2.19. The van der Waals surface area contributed by atoms with E-state index < -0.39 is 0 Å². The van der Waals surface area contributed by atoms with Crippen molar-refractivity contribution in [2.75, 3.05) is 0 Å². The zero-order chi connectivity index (χ0) is 9.68. The summed E-state index contributed by atoms with van der Waals surface area (Å²) < 4.78 is 0. The van der Waals surface area contributed by atoms with E-state index in [1.165, 1.54) is 5.56 Å². The number of pyridine rings is 1. The van der Waals surface area contributed by atoms with Crippen LogP contribution < -0.4 is 0 Å². The molecule has 1 rings (SSSR count). The average Bonchev–Trinajstić information content (AvgIpc) is 2.15. The molecule has 1 unspecified atom stereocenters. The van der Waals surface area contributed by atoms with Crippen molar-refractivity contribution in [2.24, 2.45) is 0 Å². The third kappa shape index (κ3) is 2.87. The molecule has 0 spiro atoms. The van der Waals surface area contributed by atoms with Crippen molar-refractivity contribution in [2.45, 2.75) is 32.6 Å². The molecule has 0 bridgehead atoms. The van der Waals surface area contributed by atoms with Crippen LogP contribution in [0.25, 0.3) is 0 Å². The lowest BCUT2D eigenvalue weighted by Gasteiger charge is -2.08. The zero-order valence-electron chi connectivity index (χ0n) is 8.12. The Kier molecular flexibility index (Phi) is 3.45. The Balaban J connectivity index is 2.62. The van der Waals surface area contributed by atoms with E-state index in [9.17, 15) is 0 Å². The summed E-state index contributed by atoms with van der Waals surface area (Å²) in [4.78, 5) is 4.23. The summed E-state index contributed by atoms with van der Waals surface area (Å²) in [6.07, 6.45) is 3.44. The fourth-order valence-electron chi connectivity index (χ4n) is 1.22. The second-order valence-corrected chi connectivity index (χ2v) is 3.33. The zero-order valence-corrected chi connectivity index (χ0v) is 8.12. The molecule has 0 saturated carbocycles. The van der Waals surface area contributed by atoms with Gasteiger partial charge in [0.25, 0.3) is 0 Å². The van der Waals surface area contributed by atoms with Crippen molar-refractivity contribution in [1.82, 2.24) is 4.98 Å². The highest BCUT2D eigenvalue weighted by Gasteiger charge is 2.04. The molecule has 2 nitrogen and oxygen atoms in total. The molecule has 0 saturated heterocycles. The lowest BCUT2D eigenvalue weighted by molar-refractivity contribution is 0.691. The molecule has 13 heavy (non-hydrogen) atoms. The van der Waals surface area contributed by atoms with Gasteiger partial charge in [0.15, 0.2) is 0 Å². The first-order valence-corrected chi connectivity index (χ1v) is 4.53. The van der Waals surface area contributed by atoms with Crippen molar-refractivity contribution in [1.29, 1.82) is 5.26 Å². The molecule has 0 aliphatic carbocycles. The molecule has 1 aromatic rings. The van der Waals surface area contributed by atoms with E-state index in [4.69, 9.17) is 5.26 Å². The van der Waals surface area contributed by atoms with Crippen LogP contribution in [-0.2, 0) is 0 Å². The minimum Gasteiger partial charge on any atom is -0.261 e. The van der Waals surface area contributed by atoms with Gasteiger partial charge in [0.1, 0.15) is 0 Å². The summed E-state index contributed by atoms with van der Waals surface area (Å²) in [6.45, 7) is 4.10. The van der Waals surface area contributed by atoms with Crippen molar-refractivity contribution in [3.8, 4) is 6.07 Å². The van der Waals surface area contributed by atoms with Crippen LogP contribution >= 0.6 is 0 Å². The number of nitriles is 1. The Bertz CT molecular complexity index is 295. The maximum Gasteiger partial charge on any atom is 0.0621 e. The average molecular weight is 174 g/mol. The second-order valence-electron chi connectivity index (χ2n) is 3.33. The molecule has 1 atom stereocenters. The van der Waals surface area contributed by atoms with E-state index in [0.717, 1.165) is 12.1 Å². The monoisotopic (exact) mass is 174 g/mol. The summed E-state index contributed by atoms with van der Waals surface area (Å²) >= 11 is 0. The van der Waals surface area contributed by atoms with Gasteiger partial charge in [-0.2, -0.15) is 5.26 Å². The Morgan fingerprint density at radius 1 is 1.54 bits per heavy atom. The summed E-state index contributed by atoms with van der Waals surface area (Å²) in [5.74, 6) is 0.438. The van der Waals surface area contributed by atoms with Crippen molar-refractivity contribution < 1.29 is 0 Å². The van der Waals surface area contributed by atoms with E-state index in [2.05, 4.69) is 24.0 Å². The van der Waals surface area contributed by atoms with Crippen molar-refractivity contribution in [3.05, 3.63) is 29.6 Å². The molecule has 0 aromatic carbocycles. The Labute approximate surface area is 79.2 Å². The minimum absolute atomic E-state index is 0.438. The fourth-order valence-corrected chi connectivity index (χ4v) is 1.22. The van der Waals surface area contributed by atoms with Crippen LogP contribution in [0.1, 0.15) is 36.9 Å². The molecule has 0 radical (unpaired) electrons. The first-order valence-electron chi connectivity index (χ1n) is 4.53. The Morgan fingerprint density at radius 3 is 2.85 bits per heavy atom. The van der Waals surface area contributed by atoms with Gasteiger partial charge in [-0.3, -0.25) is 4.98 Å². The standard InChI is InChI=1S/C11H14N2/c1-9(4-3-7-12)11-6-5-10(2)13-8-11/h5-6,8-9H,3-4H2,1-2H3. The van der Waals surface area contributed by atoms with E-state index in [1.807, 2.05) is 19.2 Å². The Hall–Kier alpha value is -1.36. The molecular formula is C11H14N2. The topological polar surface area (TPSA) is 36.7 Å². The van der Waals surface area contributed by atoms with Gasteiger partial charge in [-0.15, -0.1) is 0 Å². The highest BCUT2D eigenvalue weighted by Crippen LogP contribution is 2.19. The lowest BCUT2D eigenvalue weighted by Crippen LogP contribution is -1.94. The van der Waals surface area contributed by atoms with Crippen molar-refractivity contribution in [3.63, 3.8) is 0 Å². The number of aromatic nitrogens is 1. The molecule has 68 valence electrons. The fraction of sp³-hybridized carbons (Fsp3) is 0.455. The van der Waals surface area contributed by atoms with Crippen LogP contribution in [0.4, 0.5) is 0 Å². The van der Waals surface area contributed by atoms with Crippen LogP contribution in [-0.4, -0.2) is 4.98 Å². The van der Waals surface area contributed by atoms with Gasteiger partial charge in [0.2, 0.25) is 0 Å². The number of aryl methyl sites for hydroxylation is 1. The van der Waals surface area contributed by atoms with Gasteiger partial charge in [-0.1, -0.05) is 13.0 Å². The predicted molar refractivity (Wildman–Crippen MR) is 52.2 cm³/mol. The first kappa shape index (κ1) is 9.73. The summed E-state index contributed by atoms with van der Waals surface area (Å²) in [6, 6.07) is 6.26. The molecule has 0 fully saturated rings. The number of nitrogens with zero attached hydrogens (tertiary/aromatic N) is 2. The third-order valence-corrected chi connectivity index (χ3v) is 2.19. The predicted octanol–water partition coefficient (Wildman–Crippen LogP) is 2.80. The highest BCUT2D eigenvalue weighted by molar-refractivity contribution is 5.17. The number of rotatable bonds is 3. The van der Waals surface area contributed by atoms with Crippen LogP contribution in [0, 0.1) is 18.3 Å². The molecule has 0 aliphatic rings. The molecule has 1 heterocycles. The highest BCUT2D eigenvalue weighted by atomic mass is 14.7. The van der Waals surface area contributed by atoms with Gasteiger partial charge in [-0.05, 0) is 30.9 Å². The van der Waals surface area contributed by atoms with E-state index in [1.54, 1.807) is 0 Å². The lowest BCUT2D eigenvalue weighted by atomic mass is 9.98. The molecular weight excluding hydrogens is 160 g/mol. The normalized spacial score (nSPS) is 12.1.